The maximum absolute atomic E-state index is 12.0. The molecule has 0 radical (unpaired) electrons. The molecule has 0 bridgehead atoms. The Morgan fingerprint density at radius 3 is 2.58 bits per heavy atom. The molecule has 1 aliphatic rings. The standard InChI is InChI=1S/C23H38N4O3Si/c1-22(2,3)23(4)16-25(11-12-26(23)21(28)29)19-10-8-9-18-15-24-27(20(18)19)17-30-13-14-31(5,6)7/h8-10,15H,11-14,16-17H2,1-7H3,(H,28,29). The highest BCUT2D eigenvalue weighted by atomic mass is 28.3. The van der Waals surface area contributed by atoms with Gasteiger partial charge in [-0.1, -0.05) is 52.5 Å². The lowest BCUT2D eigenvalue weighted by molar-refractivity contribution is 0.00749. The molecule has 7 nitrogen and oxygen atoms in total. The highest BCUT2D eigenvalue weighted by molar-refractivity contribution is 6.76. The zero-order valence-electron chi connectivity index (χ0n) is 20.1. The van der Waals surface area contributed by atoms with E-state index in [0.717, 1.165) is 29.2 Å². The van der Waals surface area contributed by atoms with Crippen molar-refractivity contribution in [3.05, 3.63) is 24.4 Å². The third kappa shape index (κ3) is 4.90. The van der Waals surface area contributed by atoms with E-state index >= 15 is 0 Å². The number of para-hydroxylation sites is 1. The van der Waals surface area contributed by atoms with Gasteiger partial charge in [-0.3, -0.25) is 4.90 Å². The number of carboxylic acid groups (broad SMARTS) is 1. The summed E-state index contributed by atoms with van der Waals surface area (Å²) >= 11 is 0. The van der Waals surface area contributed by atoms with Gasteiger partial charge in [-0.15, -0.1) is 0 Å². The van der Waals surface area contributed by atoms with Crippen molar-refractivity contribution in [1.82, 2.24) is 14.7 Å². The number of amides is 1. The quantitative estimate of drug-likeness (QED) is 0.502. The normalized spacial score (nSPS) is 20.5. The minimum Gasteiger partial charge on any atom is -0.465 e. The number of piperazine rings is 1. The van der Waals surface area contributed by atoms with Gasteiger partial charge in [0.05, 0.1) is 22.9 Å². The molecule has 1 saturated heterocycles. The van der Waals surface area contributed by atoms with Crippen molar-refractivity contribution in [2.75, 3.05) is 31.1 Å². The fourth-order valence-corrected chi connectivity index (χ4v) is 4.92. The van der Waals surface area contributed by atoms with Gasteiger partial charge in [0.25, 0.3) is 0 Å². The van der Waals surface area contributed by atoms with E-state index in [1.54, 1.807) is 4.90 Å². The van der Waals surface area contributed by atoms with Crippen LogP contribution in [0.2, 0.25) is 25.7 Å². The molecule has 0 aliphatic carbocycles. The molecule has 1 atom stereocenters. The van der Waals surface area contributed by atoms with E-state index in [0.29, 0.717) is 26.4 Å². The second kappa shape index (κ2) is 8.46. The molecule has 172 valence electrons. The summed E-state index contributed by atoms with van der Waals surface area (Å²) in [5, 5.41) is 15.5. The number of rotatable bonds is 6. The number of nitrogens with zero attached hydrogens (tertiary/aromatic N) is 4. The van der Waals surface area contributed by atoms with Crippen LogP contribution in [0.4, 0.5) is 10.5 Å². The molecule has 1 unspecified atom stereocenters. The number of ether oxygens (including phenoxy) is 1. The van der Waals surface area contributed by atoms with Crippen molar-refractivity contribution in [2.45, 2.75) is 65.6 Å². The van der Waals surface area contributed by atoms with Crippen LogP contribution in [0.5, 0.6) is 0 Å². The molecule has 31 heavy (non-hydrogen) atoms. The second-order valence-corrected chi connectivity index (χ2v) is 16.7. The first-order chi connectivity index (χ1) is 14.3. The Balaban J connectivity index is 1.89. The minimum absolute atomic E-state index is 0.210. The molecule has 1 aromatic heterocycles. The molecule has 1 N–H and O–H groups in total. The Labute approximate surface area is 187 Å². The minimum atomic E-state index is -1.14. The number of hydrogen-bond acceptors (Lipinski definition) is 4. The molecule has 3 rings (SSSR count). The second-order valence-electron chi connectivity index (χ2n) is 11.1. The molecule has 1 amide bonds. The molecule has 1 aromatic carbocycles. The van der Waals surface area contributed by atoms with Crippen LogP contribution in [0.1, 0.15) is 27.7 Å². The zero-order chi connectivity index (χ0) is 23.0. The summed E-state index contributed by atoms with van der Waals surface area (Å²) in [6.45, 7) is 18.4. The van der Waals surface area contributed by atoms with Gasteiger partial charge >= 0.3 is 6.09 Å². The molecule has 2 aromatic rings. The average Bonchev–Trinajstić information content (AvgIpc) is 3.06. The van der Waals surface area contributed by atoms with E-state index in [2.05, 4.69) is 69.5 Å². The van der Waals surface area contributed by atoms with Crippen molar-refractivity contribution < 1.29 is 14.6 Å². The Morgan fingerprint density at radius 1 is 1.26 bits per heavy atom. The number of hydrogen-bond donors (Lipinski definition) is 1. The van der Waals surface area contributed by atoms with E-state index in [1.807, 2.05) is 16.9 Å². The lowest BCUT2D eigenvalue weighted by Crippen LogP contribution is -2.67. The van der Waals surface area contributed by atoms with Crippen molar-refractivity contribution in [3.63, 3.8) is 0 Å². The summed E-state index contributed by atoms with van der Waals surface area (Å²) in [5.41, 5.74) is 1.41. The smallest absolute Gasteiger partial charge is 0.407 e. The van der Waals surface area contributed by atoms with Gasteiger partial charge in [0.15, 0.2) is 0 Å². The first kappa shape index (κ1) is 23.6. The van der Waals surface area contributed by atoms with E-state index < -0.39 is 19.7 Å². The van der Waals surface area contributed by atoms with Crippen LogP contribution in [-0.2, 0) is 11.5 Å². The Kier molecular flexibility index (Phi) is 6.44. The van der Waals surface area contributed by atoms with Gasteiger partial charge in [0, 0.05) is 39.7 Å². The Morgan fingerprint density at radius 2 is 1.97 bits per heavy atom. The summed E-state index contributed by atoms with van der Waals surface area (Å²) in [6.07, 6.45) is 1.04. The first-order valence-electron chi connectivity index (χ1n) is 11.1. The van der Waals surface area contributed by atoms with Crippen molar-refractivity contribution in [3.8, 4) is 0 Å². The van der Waals surface area contributed by atoms with Crippen LogP contribution in [0.25, 0.3) is 10.9 Å². The van der Waals surface area contributed by atoms with Crippen LogP contribution in [0.3, 0.4) is 0 Å². The van der Waals surface area contributed by atoms with Crippen LogP contribution in [0.15, 0.2) is 24.4 Å². The maximum atomic E-state index is 12.0. The van der Waals surface area contributed by atoms with Crippen LogP contribution in [-0.4, -0.2) is 65.7 Å². The van der Waals surface area contributed by atoms with E-state index in [1.165, 1.54) is 0 Å². The lowest BCUT2D eigenvalue weighted by Gasteiger charge is -2.54. The van der Waals surface area contributed by atoms with Gasteiger partial charge in [-0.25, -0.2) is 9.48 Å². The summed E-state index contributed by atoms with van der Waals surface area (Å²) in [4.78, 5) is 15.9. The molecule has 1 fully saturated rings. The topological polar surface area (TPSA) is 70.8 Å². The maximum Gasteiger partial charge on any atom is 0.407 e. The van der Waals surface area contributed by atoms with Gasteiger partial charge in [-0.05, 0) is 24.4 Å². The number of benzene rings is 1. The third-order valence-electron chi connectivity index (χ3n) is 6.73. The fourth-order valence-electron chi connectivity index (χ4n) is 4.16. The first-order valence-corrected chi connectivity index (χ1v) is 14.8. The lowest BCUT2D eigenvalue weighted by atomic mass is 9.72. The predicted molar refractivity (Wildman–Crippen MR) is 129 cm³/mol. The zero-order valence-corrected chi connectivity index (χ0v) is 21.1. The average molecular weight is 447 g/mol. The van der Waals surface area contributed by atoms with E-state index in [-0.39, 0.29) is 5.41 Å². The van der Waals surface area contributed by atoms with Gasteiger partial charge < -0.3 is 14.7 Å². The Bertz CT molecular complexity index is 931. The molecule has 0 saturated carbocycles. The number of anilines is 1. The highest BCUT2D eigenvalue weighted by Crippen LogP contribution is 2.40. The number of carbonyl (C=O) groups is 1. The van der Waals surface area contributed by atoms with E-state index in [4.69, 9.17) is 4.74 Å². The van der Waals surface area contributed by atoms with Crippen molar-refractivity contribution in [2.24, 2.45) is 5.41 Å². The van der Waals surface area contributed by atoms with Crippen molar-refractivity contribution in [1.29, 1.82) is 0 Å². The van der Waals surface area contributed by atoms with Gasteiger partial charge in [0.1, 0.15) is 6.73 Å². The summed E-state index contributed by atoms with van der Waals surface area (Å²) < 4.78 is 7.92. The monoisotopic (exact) mass is 446 g/mol. The molecule has 1 aliphatic heterocycles. The van der Waals surface area contributed by atoms with Crippen molar-refractivity contribution >= 4 is 30.8 Å². The molecule has 8 heteroatoms. The number of fused-ring (bicyclic) bond motifs is 1. The molecule has 0 spiro atoms. The summed E-state index contributed by atoms with van der Waals surface area (Å²) in [7, 11) is -1.14. The van der Waals surface area contributed by atoms with Gasteiger partial charge in [0.2, 0.25) is 0 Å². The molecule has 2 heterocycles. The highest BCUT2D eigenvalue weighted by Gasteiger charge is 2.48. The third-order valence-corrected chi connectivity index (χ3v) is 8.43. The molecular weight excluding hydrogens is 408 g/mol. The fraction of sp³-hybridized carbons (Fsp3) is 0.652. The number of aromatic nitrogens is 2. The van der Waals surface area contributed by atoms with Crippen LogP contribution < -0.4 is 4.90 Å². The Hall–Kier alpha value is -2.06. The molecular formula is C23H38N4O3Si. The summed E-state index contributed by atoms with van der Waals surface area (Å²) in [6, 6.07) is 7.36. The SMILES string of the molecule is CC(C)(C)C1(C)CN(c2cccc3cnn(COCC[Si](C)(C)C)c23)CCN1C(=O)O. The summed E-state index contributed by atoms with van der Waals surface area (Å²) in [5.74, 6) is 0. The van der Waals surface area contributed by atoms with E-state index in [9.17, 15) is 9.90 Å². The largest absolute Gasteiger partial charge is 0.465 e. The predicted octanol–water partition coefficient (Wildman–Crippen LogP) is 4.95. The van der Waals surface area contributed by atoms with Crippen LogP contribution in [0, 0.1) is 5.41 Å². The van der Waals surface area contributed by atoms with Gasteiger partial charge in [-0.2, -0.15) is 5.10 Å². The van der Waals surface area contributed by atoms with Crippen LogP contribution >= 0.6 is 0 Å².